The fraction of sp³-hybridized carbons (Fsp3) is 0.458. The number of halogens is 1. The monoisotopic (exact) mass is 459 g/mol. The van der Waals surface area contributed by atoms with E-state index in [1.165, 1.54) is 27.6 Å². The van der Waals surface area contributed by atoms with Crippen LogP contribution >= 0.6 is 0 Å². The van der Waals surface area contributed by atoms with Crippen LogP contribution in [0.15, 0.2) is 53.4 Å². The van der Waals surface area contributed by atoms with E-state index in [4.69, 9.17) is 0 Å². The van der Waals surface area contributed by atoms with E-state index in [2.05, 4.69) is 34.5 Å². The summed E-state index contributed by atoms with van der Waals surface area (Å²) in [6.45, 7) is 4.02. The van der Waals surface area contributed by atoms with Crippen LogP contribution in [0, 0.1) is 11.7 Å². The van der Waals surface area contributed by atoms with Gasteiger partial charge in [0.2, 0.25) is 15.9 Å². The van der Waals surface area contributed by atoms with Crippen LogP contribution in [0.5, 0.6) is 0 Å². The van der Waals surface area contributed by atoms with Gasteiger partial charge >= 0.3 is 0 Å². The molecular formula is C24H30FN3O3S. The molecule has 0 aromatic heterocycles. The number of hydrogen-bond acceptors (Lipinski definition) is 4. The minimum absolute atomic E-state index is 0.0584. The van der Waals surface area contributed by atoms with Crippen molar-refractivity contribution in [2.45, 2.75) is 37.1 Å². The molecule has 0 saturated carbocycles. The Bertz CT molecular complexity index is 1040. The number of nitrogens with one attached hydrogen (secondary N) is 1. The molecular weight excluding hydrogens is 429 g/mol. The lowest BCUT2D eigenvalue weighted by molar-refractivity contribution is -0.126. The average molecular weight is 460 g/mol. The lowest BCUT2D eigenvalue weighted by Gasteiger charge is -2.31. The number of piperidine rings is 1. The number of carbonyl (C=O) groups excluding carboxylic acids is 1. The maximum atomic E-state index is 13.2. The third kappa shape index (κ3) is 5.36. The lowest BCUT2D eigenvalue weighted by Crippen LogP contribution is -2.45. The SMILES string of the molecule is O=C(NCCCN1CCc2ccccc2C1)[C@@H]1CCCN(S(=O)(=O)c2ccc(F)cc2)C1. The molecule has 0 bridgehead atoms. The molecule has 2 aliphatic rings. The predicted octanol–water partition coefficient (Wildman–Crippen LogP) is 2.79. The zero-order valence-corrected chi connectivity index (χ0v) is 19.0. The molecule has 32 heavy (non-hydrogen) atoms. The highest BCUT2D eigenvalue weighted by Gasteiger charge is 2.33. The van der Waals surface area contributed by atoms with Gasteiger partial charge in [0.05, 0.1) is 10.8 Å². The van der Waals surface area contributed by atoms with Crippen LogP contribution in [0.4, 0.5) is 4.39 Å². The lowest BCUT2D eigenvalue weighted by atomic mass is 9.98. The second-order valence-electron chi connectivity index (χ2n) is 8.60. The second kappa shape index (κ2) is 10.1. The third-order valence-corrected chi connectivity index (χ3v) is 8.25. The van der Waals surface area contributed by atoms with Crippen molar-refractivity contribution in [3.05, 3.63) is 65.5 Å². The highest BCUT2D eigenvalue weighted by atomic mass is 32.2. The van der Waals surface area contributed by atoms with Crippen molar-refractivity contribution >= 4 is 15.9 Å². The molecule has 0 spiro atoms. The van der Waals surface area contributed by atoms with Crippen LogP contribution in [0.2, 0.25) is 0 Å². The highest BCUT2D eigenvalue weighted by Crippen LogP contribution is 2.24. The van der Waals surface area contributed by atoms with Gasteiger partial charge in [-0.05, 0) is 61.1 Å². The molecule has 172 valence electrons. The maximum Gasteiger partial charge on any atom is 0.243 e. The van der Waals surface area contributed by atoms with Gasteiger partial charge < -0.3 is 5.32 Å². The van der Waals surface area contributed by atoms with Crippen molar-refractivity contribution in [2.24, 2.45) is 5.92 Å². The molecule has 1 amide bonds. The minimum Gasteiger partial charge on any atom is -0.356 e. The third-order valence-electron chi connectivity index (χ3n) is 6.37. The number of nitrogens with zero attached hydrogens (tertiary/aromatic N) is 2. The average Bonchev–Trinajstić information content (AvgIpc) is 2.82. The number of benzene rings is 2. The van der Waals surface area contributed by atoms with E-state index in [0.29, 0.717) is 25.9 Å². The second-order valence-corrected chi connectivity index (χ2v) is 10.5. The fourth-order valence-corrected chi connectivity index (χ4v) is 6.06. The molecule has 2 aliphatic heterocycles. The van der Waals surface area contributed by atoms with Crippen molar-refractivity contribution in [1.29, 1.82) is 0 Å². The van der Waals surface area contributed by atoms with Crippen LogP contribution in [-0.2, 0) is 27.8 Å². The summed E-state index contributed by atoms with van der Waals surface area (Å²) in [6.07, 6.45) is 3.22. The standard InChI is InChI=1S/C24H30FN3O3S/c25-22-8-10-23(11-9-22)32(30,31)28-15-3-7-21(18-28)24(29)26-13-4-14-27-16-12-19-5-1-2-6-20(19)17-27/h1-2,5-6,8-11,21H,3-4,7,12-18H2,(H,26,29)/t21-/m1/s1. The highest BCUT2D eigenvalue weighted by molar-refractivity contribution is 7.89. The van der Waals surface area contributed by atoms with Gasteiger partial charge in [0.1, 0.15) is 5.82 Å². The van der Waals surface area contributed by atoms with Gasteiger partial charge in [-0.2, -0.15) is 4.31 Å². The molecule has 1 N–H and O–H groups in total. The van der Waals surface area contributed by atoms with Crippen molar-refractivity contribution in [1.82, 2.24) is 14.5 Å². The number of fused-ring (bicyclic) bond motifs is 1. The van der Waals surface area contributed by atoms with Gasteiger partial charge in [-0.1, -0.05) is 24.3 Å². The van der Waals surface area contributed by atoms with E-state index in [0.717, 1.165) is 44.6 Å². The Morgan fingerprint density at radius 3 is 2.59 bits per heavy atom. The van der Waals surface area contributed by atoms with Gasteiger partial charge in [0.25, 0.3) is 0 Å². The van der Waals surface area contributed by atoms with E-state index < -0.39 is 15.8 Å². The van der Waals surface area contributed by atoms with E-state index in [1.807, 2.05) is 0 Å². The van der Waals surface area contributed by atoms with E-state index >= 15 is 0 Å². The quantitative estimate of drug-likeness (QED) is 0.647. The minimum atomic E-state index is -3.73. The summed E-state index contributed by atoms with van der Waals surface area (Å²) >= 11 is 0. The zero-order valence-electron chi connectivity index (χ0n) is 18.2. The van der Waals surface area contributed by atoms with E-state index in [1.54, 1.807) is 0 Å². The summed E-state index contributed by atoms with van der Waals surface area (Å²) in [5, 5.41) is 2.99. The fourth-order valence-electron chi connectivity index (χ4n) is 4.53. The number of sulfonamides is 1. The Labute approximate surface area is 189 Å². The molecule has 0 unspecified atom stereocenters. The number of hydrogen-bond donors (Lipinski definition) is 1. The molecule has 6 nitrogen and oxygen atoms in total. The van der Waals surface area contributed by atoms with Crippen molar-refractivity contribution in [3.63, 3.8) is 0 Å². The normalized spacial score (nSPS) is 20.0. The smallest absolute Gasteiger partial charge is 0.243 e. The Hall–Kier alpha value is -2.29. The topological polar surface area (TPSA) is 69.7 Å². The van der Waals surface area contributed by atoms with Crippen molar-refractivity contribution in [3.8, 4) is 0 Å². The van der Waals surface area contributed by atoms with Gasteiger partial charge in [-0.3, -0.25) is 9.69 Å². The first-order valence-corrected chi connectivity index (χ1v) is 12.7. The van der Waals surface area contributed by atoms with Gasteiger partial charge in [-0.15, -0.1) is 0 Å². The predicted molar refractivity (Wildman–Crippen MR) is 121 cm³/mol. The van der Waals surface area contributed by atoms with Gasteiger partial charge in [0.15, 0.2) is 0 Å². The summed E-state index contributed by atoms with van der Waals surface area (Å²) in [6, 6.07) is 13.4. The first-order chi connectivity index (χ1) is 15.4. The summed E-state index contributed by atoms with van der Waals surface area (Å²) < 4.78 is 40.2. The number of rotatable bonds is 7. The Morgan fingerprint density at radius 1 is 1.06 bits per heavy atom. The maximum absolute atomic E-state index is 13.2. The molecule has 0 aliphatic carbocycles. The van der Waals surface area contributed by atoms with Crippen LogP contribution < -0.4 is 5.32 Å². The van der Waals surface area contributed by atoms with Crippen LogP contribution in [-0.4, -0.2) is 56.3 Å². The van der Waals surface area contributed by atoms with Crippen molar-refractivity contribution in [2.75, 3.05) is 32.7 Å². The molecule has 1 atom stereocenters. The molecule has 2 heterocycles. The largest absolute Gasteiger partial charge is 0.356 e. The first-order valence-electron chi connectivity index (χ1n) is 11.3. The van der Waals surface area contributed by atoms with E-state index in [9.17, 15) is 17.6 Å². The number of carbonyl (C=O) groups is 1. The zero-order chi connectivity index (χ0) is 22.6. The summed E-state index contributed by atoms with van der Waals surface area (Å²) in [4.78, 5) is 15.1. The van der Waals surface area contributed by atoms with Gasteiger partial charge in [-0.25, -0.2) is 12.8 Å². The van der Waals surface area contributed by atoms with E-state index in [-0.39, 0.29) is 23.3 Å². The summed E-state index contributed by atoms with van der Waals surface area (Å²) in [7, 11) is -3.73. The Kier molecular flexibility index (Phi) is 7.23. The van der Waals surface area contributed by atoms with Crippen LogP contribution in [0.1, 0.15) is 30.4 Å². The van der Waals surface area contributed by atoms with Crippen LogP contribution in [0.25, 0.3) is 0 Å². The molecule has 8 heteroatoms. The molecule has 4 rings (SSSR count). The van der Waals surface area contributed by atoms with Crippen LogP contribution in [0.3, 0.4) is 0 Å². The van der Waals surface area contributed by atoms with Crippen molar-refractivity contribution < 1.29 is 17.6 Å². The summed E-state index contributed by atoms with van der Waals surface area (Å²) in [5.74, 6) is -0.928. The summed E-state index contributed by atoms with van der Waals surface area (Å²) in [5.41, 5.74) is 2.81. The molecule has 2 aromatic carbocycles. The Balaban J connectivity index is 1.24. The molecule has 0 radical (unpaired) electrons. The molecule has 2 aromatic rings. The molecule has 1 saturated heterocycles. The van der Waals surface area contributed by atoms with Gasteiger partial charge in [0, 0.05) is 39.3 Å². The Morgan fingerprint density at radius 2 is 1.81 bits per heavy atom. The molecule has 1 fully saturated rings. The first kappa shape index (κ1) is 22.9. The number of amides is 1.